The van der Waals surface area contributed by atoms with E-state index in [1.807, 2.05) is 30.3 Å². The Morgan fingerprint density at radius 2 is 2.00 bits per heavy atom. The van der Waals surface area contributed by atoms with Crippen molar-refractivity contribution in [1.29, 1.82) is 0 Å². The smallest absolute Gasteiger partial charge is 0.0708 e. The normalized spacial score (nSPS) is 9.18. The van der Waals surface area contributed by atoms with Crippen molar-refractivity contribution in [3.63, 3.8) is 0 Å². The maximum Gasteiger partial charge on any atom is 0.0708 e. The summed E-state index contributed by atoms with van der Waals surface area (Å²) in [6, 6.07) is 9.81. The van der Waals surface area contributed by atoms with Crippen molar-refractivity contribution in [2.24, 2.45) is 5.73 Å². The first-order chi connectivity index (χ1) is 5.38. The van der Waals surface area contributed by atoms with E-state index in [4.69, 9.17) is 18.0 Å². The van der Waals surface area contributed by atoms with Gasteiger partial charge < -0.3 is 10.6 Å². The third-order valence-electron chi connectivity index (χ3n) is 1.41. The molecular weight excluding hydrogens is 156 g/mol. The first-order valence-electron chi connectivity index (χ1n) is 3.35. The molecule has 2 nitrogen and oxygen atoms in total. The highest BCUT2D eigenvalue weighted by Gasteiger charge is 1.96. The van der Waals surface area contributed by atoms with Crippen LogP contribution in [0.4, 0.5) is 5.69 Å². The van der Waals surface area contributed by atoms with Crippen LogP contribution in [0, 0.1) is 0 Å². The number of anilines is 1. The first kappa shape index (κ1) is 8.17. The van der Waals surface area contributed by atoms with Gasteiger partial charge in [-0.15, -0.1) is 0 Å². The summed E-state index contributed by atoms with van der Waals surface area (Å²) >= 11 is 4.78. The summed E-state index contributed by atoms with van der Waals surface area (Å²) in [7, 11) is 0. The van der Waals surface area contributed by atoms with Gasteiger partial charge in [-0.3, -0.25) is 0 Å². The van der Waals surface area contributed by atoms with Gasteiger partial charge in [0.1, 0.15) is 0 Å². The molecule has 0 aromatic heterocycles. The Hall–Kier alpha value is -0.930. The van der Waals surface area contributed by atoms with E-state index >= 15 is 0 Å². The van der Waals surface area contributed by atoms with Gasteiger partial charge in [0.15, 0.2) is 0 Å². The second kappa shape index (κ2) is 4.05. The fourth-order valence-corrected chi connectivity index (χ4v) is 1.04. The Bertz CT molecular complexity index is 223. The molecule has 58 valence electrons. The molecule has 1 rings (SSSR count). The fourth-order valence-electron chi connectivity index (χ4n) is 0.829. The molecule has 0 aliphatic rings. The number of hydrogen-bond acceptors (Lipinski definition) is 2. The molecule has 0 aliphatic heterocycles. The summed E-state index contributed by atoms with van der Waals surface area (Å²) in [5.41, 5.74) is 8.03. The first-order valence-corrected chi connectivity index (χ1v) is 3.82. The summed E-state index contributed by atoms with van der Waals surface area (Å²) in [4.78, 5) is 1.80. The Kier molecular flexibility index (Phi) is 3.01. The maximum atomic E-state index is 5.44. The highest BCUT2D eigenvalue weighted by atomic mass is 32.1. The lowest BCUT2D eigenvalue weighted by Crippen LogP contribution is -2.27. The Morgan fingerprint density at radius 3 is 2.45 bits per heavy atom. The van der Waals surface area contributed by atoms with Gasteiger partial charge >= 0.3 is 0 Å². The quantitative estimate of drug-likeness (QED) is 0.543. The van der Waals surface area contributed by atoms with E-state index in [-0.39, 0.29) is 0 Å². The van der Waals surface area contributed by atoms with Crippen molar-refractivity contribution in [3.05, 3.63) is 30.3 Å². The minimum atomic E-state index is 0.424. The van der Waals surface area contributed by atoms with Crippen LogP contribution >= 0.6 is 12.2 Å². The zero-order chi connectivity index (χ0) is 8.10. The van der Waals surface area contributed by atoms with E-state index in [2.05, 4.69) is 0 Å². The highest BCUT2D eigenvalue weighted by Crippen LogP contribution is 2.09. The molecule has 3 heteroatoms. The van der Waals surface area contributed by atoms with Crippen LogP contribution in [-0.2, 0) is 0 Å². The van der Waals surface area contributed by atoms with Gasteiger partial charge in [0.25, 0.3) is 0 Å². The van der Waals surface area contributed by atoms with E-state index in [1.54, 1.807) is 10.4 Å². The topological polar surface area (TPSA) is 29.3 Å². The molecule has 0 fully saturated rings. The lowest BCUT2D eigenvalue weighted by molar-refractivity contribution is 1.03. The molecule has 0 spiro atoms. The molecule has 0 atom stereocenters. The van der Waals surface area contributed by atoms with E-state index < -0.39 is 0 Å². The zero-order valence-electron chi connectivity index (χ0n) is 6.10. The van der Waals surface area contributed by atoms with E-state index in [9.17, 15) is 0 Å². The minimum absolute atomic E-state index is 0.424. The molecule has 2 N–H and O–H groups in total. The molecule has 11 heavy (non-hydrogen) atoms. The number of benzene rings is 1. The Morgan fingerprint density at radius 1 is 1.36 bits per heavy atom. The second-order valence-electron chi connectivity index (χ2n) is 2.09. The summed E-state index contributed by atoms with van der Waals surface area (Å²) < 4.78 is 0. The number of nitrogens with two attached hydrogens (primary N) is 1. The van der Waals surface area contributed by atoms with Crippen LogP contribution in [0.1, 0.15) is 0 Å². The lowest BCUT2D eigenvalue weighted by atomic mass is 10.3. The molecule has 0 bridgehead atoms. The number of para-hydroxylation sites is 1. The van der Waals surface area contributed by atoms with Crippen molar-refractivity contribution in [2.75, 3.05) is 11.6 Å². The Labute approximate surface area is 71.6 Å². The molecule has 1 aromatic carbocycles. The fraction of sp³-hybridized carbons (Fsp3) is 0.125. The van der Waals surface area contributed by atoms with Crippen LogP contribution in [0.3, 0.4) is 0 Å². The van der Waals surface area contributed by atoms with Gasteiger partial charge in [0.2, 0.25) is 0 Å². The molecule has 0 saturated heterocycles. The van der Waals surface area contributed by atoms with Gasteiger partial charge in [0, 0.05) is 5.69 Å². The Balaban J connectivity index is 2.82. The second-order valence-corrected chi connectivity index (χ2v) is 2.30. The average molecular weight is 166 g/mol. The van der Waals surface area contributed by atoms with E-state index in [1.165, 1.54) is 0 Å². The number of thiocarbonyl (C=S) groups is 1. The van der Waals surface area contributed by atoms with Gasteiger partial charge in [-0.05, 0) is 12.1 Å². The van der Waals surface area contributed by atoms with Gasteiger partial charge in [-0.25, -0.2) is 0 Å². The van der Waals surface area contributed by atoms with Gasteiger partial charge in [0.05, 0.1) is 12.2 Å². The van der Waals surface area contributed by atoms with Crippen molar-refractivity contribution in [1.82, 2.24) is 0 Å². The molecule has 0 aliphatic carbocycles. The number of rotatable bonds is 3. The summed E-state index contributed by atoms with van der Waals surface area (Å²) in [5.74, 6) is 0. The monoisotopic (exact) mass is 166 g/mol. The van der Waals surface area contributed by atoms with Gasteiger partial charge in [-0.2, -0.15) is 0 Å². The molecule has 0 amide bonds. The lowest BCUT2D eigenvalue weighted by Gasteiger charge is -2.15. The summed E-state index contributed by atoms with van der Waals surface area (Å²) in [6.45, 7) is 0.424. The molecular formula is C8H10N2S. The maximum absolute atomic E-state index is 5.44. The van der Waals surface area contributed by atoms with Crippen LogP contribution in [-0.4, -0.2) is 12.2 Å². The highest BCUT2D eigenvalue weighted by molar-refractivity contribution is 7.79. The summed E-state index contributed by atoms with van der Waals surface area (Å²) in [6.07, 6.45) is 0. The van der Waals surface area contributed by atoms with Crippen LogP contribution < -0.4 is 10.6 Å². The average Bonchev–Trinajstić information content (AvgIpc) is 2.09. The van der Waals surface area contributed by atoms with E-state index in [0.29, 0.717) is 6.67 Å². The van der Waals surface area contributed by atoms with Crippen molar-refractivity contribution >= 4 is 23.4 Å². The van der Waals surface area contributed by atoms with Crippen LogP contribution in [0.2, 0.25) is 0 Å². The molecule has 0 heterocycles. The predicted molar refractivity (Wildman–Crippen MR) is 51.6 cm³/mol. The molecule has 0 saturated carbocycles. The predicted octanol–water partition coefficient (Wildman–Crippen LogP) is 1.37. The van der Waals surface area contributed by atoms with Crippen molar-refractivity contribution in [3.8, 4) is 0 Å². The zero-order valence-corrected chi connectivity index (χ0v) is 6.92. The van der Waals surface area contributed by atoms with Gasteiger partial charge in [-0.1, -0.05) is 30.4 Å². The molecule has 1 aromatic rings. The third-order valence-corrected chi connectivity index (χ3v) is 1.67. The SMILES string of the molecule is NCN(C=S)c1ccccc1. The van der Waals surface area contributed by atoms with Crippen LogP contribution in [0.25, 0.3) is 0 Å². The number of nitrogens with zero attached hydrogens (tertiary/aromatic N) is 1. The van der Waals surface area contributed by atoms with Crippen LogP contribution in [0.15, 0.2) is 30.3 Å². The number of hydrogen-bond donors (Lipinski definition) is 1. The largest absolute Gasteiger partial charge is 0.325 e. The summed E-state index contributed by atoms with van der Waals surface area (Å²) in [5, 5.41) is 0. The van der Waals surface area contributed by atoms with Crippen molar-refractivity contribution in [2.45, 2.75) is 0 Å². The standard InChI is InChI=1S/C8H10N2S/c9-6-10(7-11)8-4-2-1-3-5-8/h1-5,7H,6,9H2. The molecule has 0 unspecified atom stereocenters. The minimum Gasteiger partial charge on any atom is -0.325 e. The van der Waals surface area contributed by atoms with Crippen molar-refractivity contribution < 1.29 is 0 Å². The van der Waals surface area contributed by atoms with E-state index in [0.717, 1.165) is 5.69 Å². The third kappa shape index (κ3) is 2.00. The van der Waals surface area contributed by atoms with Crippen LogP contribution in [0.5, 0.6) is 0 Å². The molecule has 0 radical (unpaired) electrons.